The number of β-amino-alcohol motifs (C(OH)–C–C–N with tert-alkyl or cyclic N) is 1. The third-order valence-corrected chi connectivity index (χ3v) is 4.26. The van der Waals surface area contributed by atoms with Gasteiger partial charge in [-0.15, -0.1) is 24.8 Å². The van der Waals surface area contributed by atoms with Crippen LogP contribution in [0.3, 0.4) is 0 Å². The van der Waals surface area contributed by atoms with E-state index in [1.807, 2.05) is 0 Å². The summed E-state index contributed by atoms with van der Waals surface area (Å²) >= 11 is 0. The first-order chi connectivity index (χ1) is 11.1. The maximum absolute atomic E-state index is 13.2. The van der Waals surface area contributed by atoms with Crippen molar-refractivity contribution in [2.45, 2.75) is 71.1 Å². The van der Waals surface area contributed by atoms with Gasteiger partial charge >= 0.3 is 0 Å². The second-order valence-corrected chi connectivity index (χ2v) is 7.76. The summed E-state index contributed by atoms with van der Waals surface area (Å²) in [6.45, 7) is 8.98. The first-order valence-corrected chi connectivity index (χ1v) is 8.72. The third kappa shape index (κ3) is 11.3. The fraction of sp³-hybridized carbons (Fsp3) is 0.684. The molecular formula is C19H34Cl2F2N2O. The van der Waals surface area contributed by atoms with Crippen molar-refractivity contribution < 1.29 is 13.9 Å². The smallest absolute Gasteiger partial charge is 0.126 e. The molecule has 0 amide bonds. The molecular weight excluding hydrogens is 381 g/mol. The van der Waals surface area contributed by atoms with Crippen molar-refractivity contribution in [3.63, 3.8) is 0 Å². The number of nitrogens with one attached hydrogen (secondary N) is 1. The highest BCUT2D eigenvalue weighted by atomic mass is 35.5. The Bertz CT molecular complexity index is 496. The Hall–Kier alpha value is -0.460. The van der Waals surface area contributed by atoms with Crippen LogP contribution in [0.1, 0.15) is 52.5 Å². The predicted octanol–water partition coefficient (Wildman–Crippen LogP) is 4.23. The van der Waals surface area contributed by atoms with Crippen molar-refractivity contribution in [2.24, 2.45) is 11.7 Å². The van der Waals surface area contributed by atoms with E-state index in [1.165, 1.54) is 18.6 Å². The maximum Gasteiger partial charge on any atom is 0.126 e. The Morgan fingerprint density at radius 1 is 1.12 bits per heavy atom. The molecule has 4 N–H and O–H groups in total. The highest BCUT2D eigenvalue weighted by Gasteiger charge is 2.21. The van der Waals surface area contributed by atoms with E-state index in [1.54, 1.807) is 0 Å². The van der Waals surface area contributed by atoms with Crippen LogP contribution in [0, 0.1) is 17.6 Å². The molecule has 0 bridgehead atoms. The summed E-state index contributed by atoms with van der Waals surface area (Å²) in [5.41, 5.74) is 6.35. The Labute approximate surface area is 168 Å². The number of hydrogen-bond donors (Lipinski definition) is 3. The summed E-state index contributed by atoms with van der Waals surface area (Å²) in [4.78, 5) is 0. The van der Waals surface area contributed by atoms with E-state index in [0.717, 1.165) is 18.9 Å². The number of benzene rings is 1. The van der Waals surface area contributed by atoms with E-state index in [9.17, 15) is 13.9 Å². The van der Waals surface area contributed by atoms with Crippen LogP contribution in [0.15, 0.2) is 18.2 Å². The molecule has 0 aromatic heterocycles. The fourth-order valence-electron chi connectivity index (χ4n) is 2.71. The number of aliphatic hydroxyl groups excluding tert-OH is 1. The molecule has 1 aromatic rings. The molecule has 1 rings (SSSR count). The molecule has 0 unspecified atom stereocenters. The number of hydrogen-bond acceptors (Lipinski definition) is 3. The van der Waals surface area contributed by atoms with Crippen molar-refractivity contribution in [3.8, 4) is 0 Å². The van der Waals surface area contributed by atoms with Crippen LogP contribution in [0.2, 0.25) is 0 Å². The Morgan fingerprint density at radius 2 is 1.65 bits per heavy atom. The molecule has 0 saturated carbocycles. The third-order valence-electron chi connectivity index (χ3n) is 4.26. The molecule has 26 heavy (non-hydrogen) atoms. The summed E-state index contributed by atoms with van der Waals surface area (Å²) in [5, 5.41) is 13.6. The fourth-order valence-corrected chi connectivity index (χ4v) is 2.71. The second kappa shape index (κ2) is 12.8. The van der Waals surface area contributed by atoms with Crippen molar-refractivity contribution in [2.75, 3.05) is 6.54 Å². The number of rotatable bonds is 10. The molecule has 0 heterocycles. The zero-order chi connectivity index (χ0) is 18.3. The van der Waals surface area contributed by atoms with Gasteiger partial charge in [0, 0.05) is 24.2 Å². The summed E-state index contributed by atoms with van der Waals surface area (Å²) in [6.07, 6.45) is 2.77. The lowest BCUT2D eigenvalue weighted by Crippen LogP contribution is -2.49. The lowest BCUT2D eigenvalue weighted by molar-refractivity contribution is 0.129. The van der Waals surface area contributed by atoms with Crippen molar-refractivity contribution in [1.82, 2.24) is 5.32 Å². The zero-order valence-corrected chi connectivity index (χ0v) is 17.7. The zero-order valence-electron chi connectivity index (χ0n) is 16.1. The van der Waals surface area contributed by atoms with E-state index in [4.69, 9.17) is 5.73 Å². The Morgan fingerprint density at radius 3 is 2.15 bits per heavy atom. The monoisotopic (exact) mass is 414 g/mol. The highest BCUT2D eigenvalue weighted by Crippen LogP contribution is 2.16. The van der Waals surface area contributed by atoms with Gasteiger partial charge in [0.25, 0.3) is 0 Å². The quantitative estimate of drug-likeness (QED) is 0.536. The average molecular weight is 415 g/mol. The molecule has 0 aliphatic rings. The summed E-state index contributed by atoms with van der Waals surface area (Å²) in [7, 11) is 0. The molecule has 2 atom stereocenters. The largest absolute Gasteiger partial charge is 0.390 e. The summed E-state index contributed by atoms with van der Waals surface area (Å²) < 4.78 is 26.4. The van der Waals surface area contributed by atoms with Crippen LogP contribution in [-0.4, -0.2) is 29.3 Å². The van der Waals surface area contributed by atoms with Crippen molar-refractivity contribution in [1.29, 1.82) is 0 Å². The first-order valence-electron chi connectivity index (χ1n) is 8.72. The van der Waals surface area contributed by atoms with Gasteiger partial charge in [-0.25, -0.2) is 8.78 Å². The van der Waals surface area contributed by atoms with Gasteiger partial charge in [0.15, 0.2) is 0 Å². The van der Waals surface area contributed by atoms with E-state index >= 15 is 0 Å². The van der Waals surface area contributed by atoms with Gasteiger partial charge in [0.1, 0.15) is 11.6 Å². The summed E-state index contributed by atoms with van der Waals surface area (Å²) in [5.74, 6) is -0.571. The Kier molecular flexibility index (Phi) is 13.7. The molecule has 154 valence electrons. The van der Waals surface area contributed by atoms with Crippen LogP contribution in [0.25, 0.3) is 0 Å². The molecule has 0 fully saturated rings. The lowest BCUT2D eigenvalue weighted by atomic mass is 9.94. The van der Waals surface area contributed by atoms with Crippen LogP contribution < -0.4 is 11.1 Å². The topological polar surface area (TPSA) is 58.3 Å². The minimum atomic E-state index is -0.777. The van der Waals surface area contributed by atoms with Crippen LogP contribution in [-0.2, 0) is 6.42 Å². The second-order valence-electron chi connectivity index (χ2n) is 7.76. The van der Waals surface area contributed by atoms with Gasteiger partial charge in [-0.3, -0.25) is 0 Å². The minimum absolute atomic E-state index is 0. The van der Waals surface area contributed by atoms with Crippen LogP contribution in [0.5, 0.6) is 0 Å². The maximum atomic E-state index is 13.2. The molecule has 1 aromatic carbocycles. The standard InChI is InChI=1S/C19H32F2N2O.2ClH/c1-13(2)6-5-7-19(3,4)23-12-18(24)17(22)10-14-8-15(20)11-16(21)9-14;;/h8-9,11,13,17-18,23-24H,5-7,10,12,22H2,1-4H3;2*1H/t17-,18+;;/m0../s1. The normalized spacial score (nSPS) is 13.7. The van der Waals surface area contributed by atoms with Gasteiger partial charge in [0.05, 0.1) is 6.10 Å². The summed E-state index contributed by atoms with van der Waals surface area (Å²) in [6, 6.07) is 2.75. The molecule has 7 heteroatoms. The van der Waals surface area contributed by atoms with Crippen molar-refractivity contribution in [3.05, 3.63) is 35.4 Å². The number of nitrogens with two attached hydrogens (primary N) is 1. The van der Waals surface area contributed by atoms with Gasteiger partial charge in [-0.1, -0.05) is 26.7 Å². The number of halogens is 4. The van der Waals surface area contributed by atoms with Crippen LogP contribution >= 0.6 is 24.8 Å². The lowest BCUT2D eigenvalue weighted by Gasteiger charge is -2.29. The van der Waals surface area contributed by atoms with Gasteiger partial charge in [-0.05, 0) is 50.3 Å². The molecule has 0 saturated heterocycles. The van der Waals surface area contributed by atoms with Crippen LogP contribution in [0.4, 0.5) is 8.78 Å². The van der Waals surface area contributed by atoms with E-state index in [-0.39, 0.29) is 36.8 Å². The van der Waals surface area contributed by atoms with Gasteiger partial charge < -0.3 is 16.2 Å². The number of aliphatic hydroxyl groups is 1. The highest BCUT2D eigenvalue weighted by molar-refractivity contribution is 5.85. The average Bonchev–Trinajstić information content (AvgIpc) is 2.43. The first kappa shape index (κ1) is 27.8. The van der Waals surface area contributed by atoms with E-state index in [2.05, 4.69) is 33.0 Å². The Balaban J connectivity index is 0. The molecule has 0 aliphatic carbocycles. The molecule has 3 nitrogen and oxygen atoms in total. The molecule has 0 spiro atoms. The molecule has 0 radical (unpaired) electrons. The van der Waals surface area contributed by atoms with E-state index < -0.39 is 23.8 Å². The van der Waals surface area contributed by atoms with Crippen molar-refractivity contribution >= 4 is 24.8 Å². The van der Waals surface area contributed by atoms with E-state index in [0.29, 0.717) is 18.0 Å². The predicted molar refractivity (Wildman–Crippen MR) is 109 cm³/mol. The van der Waals surface area contributed by atoms with Gasteiger partial charge in [0.2, 0.25) is 0 Å². The SMILES string of the molecule is CC(C)CCCC(C)(C)NC[C@@H](O)[C@@H](N)Cc1cc(F)cc(F)c1.Cl.Cl. The minimum Gasteiger partial charge on any atom is -0.390 e. The molecule has 0 aliphatic heterocycles. The van der Waals surface area contributed by atoms with Gasteiger partial charge in [-0.2, -0.15) is 0 Å².